The van der Waals surface area contributed by atoms with Crippen molar-refractivity contribution in [2.24, 2.45) is 5.16 Å². The second-order valence-corrected chi connectivity index (χ2v) is 7.41. The molecule has 3 aromatic carbocycles. The van der Waals surface area contributed by atoms with Gasteiger partial charge in [-0.3, -0.25) is 0 Å². The summed E-state index contributed by atoms with van der Waals surface area (Å²) in [6, 6.07) is 25.5. The van der Waals surface area contributed by atoms with Crippen LogP contribution in [-0.4, -0.2) is 25.4 Å². The Hall–Kier alpha value is -3.86. The second-order valence-electron chi connectivity index (χ2n) is 7.41. The molecule has 170 valence electrons. The van der Waals surface area contributed by atoms with Crippen LogP contribution in [0.25, 0.3) is 5.57 Å². The molecule has 0 heterocycles. The first kappa shape index (κ1) is 23.8. The number of carbonyl (C=O) groups excluding carboxylic acids is 1. The molecule has 0 fully saturated rings. The highest BCUT2D eigenvalue weighted by Crippen LogP contribution is 2.23. The van der Waals surface area contributed by atoms with Crippen LogP contribution in [0.15, 0.2) is 90.1 Å². The van der Waals surface area contributed by atoms with Crippen molar-refractivity contribution in [2.45, 2.75) is 26.9 Å². The Morgan fingerprint density at radius 3 is 2.33 bits per heavy atom. The number of rotatable bonds is 10. The molecule has 0 aliphatic heterocycles. The SMILES string of the molecule is CC=C(C(=O)OC)c1ccccc1COc1ccc(/C(C)=N\OCCc2ccccc2)cc1. The third-order valence-corrected chi connectivity index (χ3v) is 5.19. The number of esters is 1. The summed E-state index contributed by atoms with van der Waals surface area (Å²) >= 11 is 0. The third-order valence-electron chi connectivity index (χ3n) is 5.19. The van der Waals surface area contributed by atoms with Crippen LogP contribution >= 0.6 is 0 Å². The van der Waals surface area contributed by atoms with Crippen LogP contribution in [0.1, 0.15) is 36.1 Å². The molecular weight excluding hydrogens is 414 g/mol. The van der Waals surface area contributed by atoms with Crippen LogP contribution in [0.2, 0.25) is 0 Å². The predicted octanol–water partition coefficient (Wildman–Crippen LogP) is 5.83. The van der Waals surface area contributed by atoms with Gasteiger partial charge in [-0.25, -0.2) is 4.79 Å². The number of allylic oxidation sites excluding steroid dienone is 1. The van der Waals surface area contributed by atoms with Crippen LogP contribution in [0, 0.1) is 0 Å². The van der Waals surface area contributed by atoms with E-state index in [1.165, 1.54) is 12.7 Å². The van der Waals surface area contributed by atoms with E-state index in [0.29, 0.717) is 18.8 Å². The summed E-state index contributed by atoms with van der Waals surface area (Å²) in [5, 5.41) is 4.22. The van der Waals surface area contributed by atoms with Crippen molar-refractivity contribution in [3.05, 3.63) is 107 Å². The monoisotopic (exact) mass is 443 g/mol. The van der Waals surface area contributed by atoms with E-state index >= 15 is 0 Å². The van der Waals surface area contributed by atoms with Gasteiger partial charge in [0.2, 0.25) is 0 Å². The predicted molar refractivity (Wildman–Crippen MR) is 131 cm³/mol. The molecule has 33 heavy (non-hydrogen) atoms. The van der Waals surface area contributed by atoms with E-state index in [0.717, 1.165) is 34.6 Å². The lowest BCUT2D eigenvalue weighted by atomic mass is 10.00. The van der Waals surface area contributed by atoms with Gasteiger partial charge in [0, 0.05) is 6.42 Å². The molecule has 0 aromatic heterocycles. The van der Waals surface area contributed by atoms with Gasteiger partial charge in [-0.15, -0.1) is 0 Å². The average Bonchev–Trinajstić information content (AvgIpc) is 2.87. The van der Waals surface area contributed by atoms with Crippen LogP contribution in [-0.2, 0) is 27.4 Å². The fraction of sp³-hybridized carbons (Fsp3) is 0.214. The number of hydrogen-bond donors (Lipinski definition) is 0. The van der Waals surface area contributed by atoms with Crippen LogP contribution < -0.4 is 4.74 Å². The number of benzene rings is 3. The first-order valence-electron chi connectivity index (χ1n) is 10.9. The van der Waals surface area contributed by atoms with E-state index in [4.69, 9.17) is 14.3 Å². The van der Waals surface area contributed by atoms with Gasteiger partial charge in [0.05, 0.1) is 18.4 Å². The minimum absolute atomic E-state index is 0.333. The first-order valence-corrected chi connectivity index (χ1v) is 10.9. The Morgan fingerprint density at radius 1 is 0.939 bits per heavy atom. The molecule has 0 aliphatic carbocycles. The van der Waals surface area contributed by atoms with Gasteiger partial charge in [-0.1, -0.05) is 65.8 Å². The molecule has 0 saturated heterocycles. The summed E-state index contributed by atoms with van der Waals surface area (Å²) < 4.78 is 10.9. The lowest BCUT2D eigenvalue weighted by Gasteiger charge is -2.13. The Bertz CT molecular complexity index is 1100. The highest BCUT2D eigenvalue weighted by Gasteiger charge is 2.15. The number of hydrogen-bond acceptors (Lipinski definition) is 5. The van der Waals surface area contributed by atoms with Crippen molar-refractivity contribution >= 4 is 17.3 Å². The summed E-state index contributed by atoms with van der Waals surface area (Å²) in [6.07, 6.45) is 2.57. The number of oxime groups is 1. The summed E-state index contributed by atoms with van der Waals surface area (Å²) in [5.41, 5.74) is 5.22. The maximum Gasteiger partial charge on any atom is 0.338 e. The van der Waals surface area contributed by atoms with Gasteiger partial charge < -0.3 is 14.3 Å². The van der Waals surface area contributed by atoms with E-state index in [1.54, 1.807) is 6.08 Å². The Kier molecular flexibility index (Phi) is 8.83. The van der Waals surface area contributed by atoms with E-state index in [1.807, 2.05) is 80.6 Å². The van der Waals surface area contributed by atoms with Crippen molar-refractivity contribution in [2.75, 3.05) is 13.7 Å². The molecule has 5 nitrogen and oxygen atoms in total. The van der Waals surface area contributed by atoms with Crippen molar-refractivity contribution in [3.63, 3.8) is 0 Å². The maximum absolute atomic E-state index is 12.1. The molecule has 0 aliphatic rings. The number of ether oxygens (including phenoxy) is 2. The zero-order valence-electron chi connectivity index (χ0n) is 19.3. The van der Waals surface area contributed by atoms with Crippen molar-refractivity contribution < 1.29 is 19.1 Å². The van der Waals surface area contributed by atoms with Crippen LogP contribution in [0.4, 0.5) is 0 Å². The van der Waals surface area contributed by atoms with Crippen LogP contribution in [0.5, 0.6) is 5.75 Å². The number of carbonyl (C=O) groups is 1. The van der Waals surface area contributed by atoms with E-state index in [-0.39, 0.29) is 5.97 Å². The van der Waals surface area contributed by atoms with E-state index in [9.17, 15) is 4.79 Å². The molecule has 3 aromatic rings. The average molecular weight is 444 g/mol. The van der Waals surface area contributed by atoms with Gasteiger partial charge >= 0.3 is 5.97 Å². The van der Waals surface area contributed by atoms with Crippen molar-refractivity contribution in [3.8, 4) is 5.75 Å². The molecular formula is C28H29NO4. The van der Waals surface area contributed by atoms with E-state index < -0.39 is 0 Å². The molecule has 0 saturated carbocycles. The smallest absolute Gasteiger partial charge is 0.338 e. The lowest BCUT2D eigenvalue weighted by Crippen LogP contribution is -2.07. The first-order chi connectivity index (χ1) is 16.1. The molecule has 0 spiro atoms. The van der Waals surface area contributed by atoms with Gasteiger partial charge in [-0.05, 0) is 60.4 Å². The quantitative estimate of drug-likeness (QED) is 0.130. The zero-order chi connectivity index (χ0) is 23.5. The van der Waals surface area contributed by atoms with Gasteiger partial charge in [0.25, 0.3) is 0 Å². The lowest BCUT2D eigenvalue weighted by molar-refractivity contribution is -0.133. The fourth-order valence-corrected chi connectivity index (χ4v) is 3.36. The number of nitrogens with zero attached hydrogens (tertiary/aromatic N) is 1. The second kappa shape index (κ2) is 12.2. The molecule has 0 amide bonds. The molecule has 0 bridgehead atoms. The van der Waals surface area contributed by atoms with Gasteiger partial charge in [0.1, 0.15) is 19.0 Å². The van der Waals surface area contributed by atoms with E-state index in [2.05, 4.69) is 17.3 Å². The minimum Gasteiger partial charge on any atom is -0.489 e. The maximum atomic E-state index is 12.1. The van der Waals surface area contributed by atoms with Crippen molar-refractivity contribution in [1.29, 1.82) is 0 Å². The Balaban J connectivity index is 1.57. The van der Waals surface area contributed by atoms with Crippen LogP contribution in [0.3, 0.4) is 0 Å². The standard InChI is InChI=1S/C28H29NO4/c1-4-26(28(30)31-3)27-13-9-8-12-24(27)20-32-25-16-14-23(15-17-25)21(2)29-33-19-18-22-10-6-5-7-11-22/h4-17H,18-20H2,1-3H3/b26-4?,29-21-. The zero-order valence-corrected chi connectivity index (χ0v) is 19.3. The molecule has 3 rings (SSSR count). The number of methoxy groups -OCH3 is 1. The minimum atomic E-state index is -0.366. The highest BCUT2D eigenvalue weighted by molar-refractivity contribution is 6.16. The molecule has 0 unspecified atom stereocenters. The third kappa shape index (κ3) is 6.81. The molecule has 0 atom stereocenters. The summed E-state index contributed by atoms with van der Waals surface area (Å²) in [7, 11) is 1.38. The highest BCUT2D eigenvalue weighted by atomic mass is 16.6. The van der Waals surface area contributed by atoms with Gasteiger partial charge in [0.15, 0.2) is 0 Å². The summed E-state index contributed by atoms with van der Waals surface area (Å²) in [5.74, 6) is 0.362. The summed E-state index contributed by atoms with van der Waals surface area (Å²) in [6.45, 7) is 4.60. The molecule has 0 radical (unpaired) electrons. The van der Waals surface area contributed by atoms with Gasteiger partial charge in [-0.2, -0.15) is 0 Å². The fourth-order valence-electron chi connectivity index (χ4n) is 3.36. The van der Waals surface area contributed by atoms with Crippen molar-refractivity contribution in [1.82, 2.24) is 0 Å². The topological polar surface area (TPSA) is 57.1 Å². The largest absolute Gasteiger partial charge is 0.489 e. The Labute approximate surface area is 195 Å². The normalized spacial score (nSPS) is 11.7. The summed E-state index contributed by atoms with van der Waals surface area (Å²) in [4.78, 5) is 17.6. The Morgan fingerprint density at radius 2 is 1.64 bits per heavy atom. The molecule has 5 heteroatoms. The molecule has 0 N–H and O–H groups in total.